The summed E-state index contributed by atoms with van der Waals surface area (Å²) in [4.78, 5) is 15.3. The molecular weight excluding hydrogens is 340 g/mol. The lowest BCUT2D eigenvalue weighted by Gasteiger charge is -2.36. The fourth-order valence-electron chi connectivity index (χ4n) is 3.79. The van der Waals surface area contributed by atoms with Crippen LogP contribution >= 0.6 is 0 Å². The van der Waals surface area contributed by atoms with Crippen molar-refractivity contribution in [3.63, 3.8) is 0 Å². The Kier molecular flexibility index (Phi) is 6.48. The van der Waals surface area contributed by atoms with Crippen LogP contribution in [0.3, 0.4) is 0 Å². The summed E-state index contributed by atoms with van der Waals surface area (Å²) in [5, 5.41) is 8.96. The highest BCUT2D eigenvalue weighted by atomic mass is 16.5. The number of piperidine rings is 1. The third-order valence-electron chi connectivity index (χ3n) is 5.35. The fourth-order valence-corrected chi connectivity index (χ4v) is 3.79. The van der Waals surface area contributed by atoms with E-state index in [1.165, 1.54) is 11.1 Å². The maximum atomic E-state index is 10.9. The number of ether oxygens (including phenoxy) is 1. The van der Waals surface area contributed by atoms with E-state index in [1.54, 1.807) is 7.11 Å². The molecule has 0 atom stereocenters. The van der Waals surface area contributed by atoms with Crippen LogP contribution < -0.4 is 4.74 Å². The molecule has 1 aliphatic rings. The summed E-state index contributed by atoms with van der Waals surface area (Å²) in [5.41, 5.74) is 3.53. The maximum Gasteiger partial charge on any atom is 0.317 e. The van der Waals surface area contributed by atoms with Crippen molar-refractivity contribution in [1.29, 1.82) is 0 Å². The zero-order valence-electron chi connectivity index (χ0n) is 16.1. The van der Waals surface area contributed by atoms with Gasteiger partial charge in [0.15, 0.2) is 0 Å². The minimum Gasteiger partial charge on any atom is -0.496 e. The molecule has 5 heteroatoms. The number of methoxy groups -OCH3 is 1. The van der Waals surface area contributed by atoms with Gasteiger partial charge < -0.3 is 9.84 Å². The van der Waals surface area contributed by atoms with Crippen molar-refractivity contribution < 1.29 is 14.6 Å². The molecule has 3 rings (SSSR count). The molecule has 0 aromatic heterocycles. The first kappa shape index (κ1) is 19.4. The normalized spacial score (nSPS) is 15.8. The zero-order valence-corrected chi connectivity index (χ0v) is 16.1. The first-order valence-corrected chi connectivity index (χ1v) is 9.43. The molecule has 2 aromatic carbocycles. The van der Waals surface area contributed by atoms with Gasteiger partial charge in [-0.2, -0.15) is 0 Å². The molecule has 0 radical (unpaired) electrons. The van der Waals surface area contributed by atoms with Gasteiger partial charge in [0.05, 0.1) is 13.7 Å². The van der Waals surface area contributed by atoms with Crippen LogP contribution in [0.2, 0.25) is 0 Å². The third kappa shape index (κ3) is 5.08. The van der Waals surface area contributed by atoms with Crippen LogP contribution in [0.5, 0.6) is 5.75 Å². The van der Waals surface area contributed by atoms with E-state index in [1.807, 2.05) is 30.1 Å². The van der Waals surface area contributed by atoms with Crippen molar-refractivity contribution in [3.05, 3.63) is 54.1 Å². The number of nitrogens with zero attached hydrogens (tertiary/aromatic N) is 2. The quantitative estimate of drug-likeness (QED) is 0.812. The molecule has 2 aromatic rings. The lowest BCUT2D eigenvalue weighted by atomic mass is 10.0. The van der Waals surface area contributed by atoms with E-state index >= 15 is 0 Å². The lowest BCUT2D eigenvalue weighted by Crippen LogP contribution is -2.44. The van der Waals surface area contributed by atoms with Gasteiger partial charge in [0.25, 0.3) is 0 Å². The summed E-state index contributed by atoms with van der Waals surface area (Å²) in [6, 6.07) is 17.1. The van der Waals surface area contributed by atoms with E-state index in [9.17, 15) is 4.79 Å². The molecule has 5 nitrogen and oxygen atoms in total. The summed E-state index contributed by atoms with van der Waals surface area (Å²) in [6.45, 7) is 2.91. The van der Waals surface area contributed by atoms with Crippen LogP contribution in [0.15, 0.2) is 48.5 Å². The highest BCUT2D eigenvalue weighted by molar-refractivity contribution is 5.69. The molecule has 1 heterocycles. The van der Waals surface area contributed by atoms with Crippen LogP contribution in [0, 0.1) is 0 Å². The first-order valence-electron chi connectivity index (χ1n) is 9.43. The van der Waals surface area contributed by atoms with Gasteiger partial charge in [-0.15, -0.1) is 0 Å². The lowest BCUT2D eigenvalue weighted by molar-refractivity contribution is -0.138. The number of carboxylic acid groups (broad SMARTS) is 1. The Morgan fingerprint density at radius 3 is 2.48 bits per heavy atom. The Balaban J connectivity index is 1.62. The largest absolute Gasteiger partial charge is 0.496 e. The Labute approximate surface area is 161 Å². The molecule has 0 unspecified atom stereocenters. The molecule has 0 saturated carbocycles. The van der Waals surface area contributed by atoms with Gasteiger partial charge in [-0.05, 0) is 50.2 Å². The number of carboxylic acids is 1. The second-order valence-electron chi connectivity index (χ2n) is 7.21. The number of carbonyl (C=O) groups is 1. The van der Waals surface area contributed by atoms with Crippen LogP contribution in [0.4, 0.5) is 0 Å². The summed E-state index contributed by atoms with van der Waals surface area (Å²) in [5.74, 6) is 0.157. The third-order valence-corrected chi connectivity index (χ3v) is 5.35. The Bertz CT molecular complexity index is 755. The molecule has 144 valence electrons. The topological polar surface area (TPSA) is 53.0 Å². The molecule has 0 amide bonds. The average Bonchev–Trinajstić information content (AvgIpc) is 2.69. The van der Waals surface area contributed by atoms with Crippen molar-refractivity contribution in [2.75, 3.05) is 33.8 Å². The van der Waals surface area contributed by atoms with Gasteiger partial charge in [0.2, 0.25) is 0 Å². The molecule has 1 saturated heterocycles. The van der Waals surface area contributed by atoms with E-state index in [4.69, 9.17) is 9.84 Å². The first-order chi connectivity index (χ1) is 13.1. The van der Waals surface area contributed by atoms with Gasteiger partial charge in [-0.1, -0.05) is 42.5 Å². The smallest absolute Gasteiger partial charge is 0.317 e. The number of likely N-dealkylation sites (tertiary alicyclic amines) is 1. The SMILES string of the molecule is COc1cc(-c2ccccc2)ccc1CN1CCC(N(C)CC(=O)O)CC1. The average molecular weight is 368 g/mol. The second-order valence-corrected chi connectivity index (χ2v) is 7.21. The zero-order chi connectivity index (χ0) is 19.2. The van der Waals surface area contributed by atoms with E-state index < -0.39 is 5.97 Å². The van der Waals surface area contributed by atoms with Gasteiger partial charge in [0, 0.05) is 18.2 Å². The van der Waals surface area contributed by atoms with Crippen LogP contribution in [-0.4, -0.2) is 60.7 Å². The summed E-state index contributed by atoms with van der Waals surface area (Å²) in [6.07, 6.45) is 1.99. The monoisotopic (exact) mass is 368 g/mol. The van der Waals surface area contributed by atoms with Crippen molar-refractivity contribution >= 4 is 5.97 Å². The predicted molar refractivity (Wildman–Crippen MR) is 107 cm³/mol. The van der Waals surface area contributed by atoms with Crippen molar-refractivity contribution in [2.45, 2.75) is 25.4 Å². The predicted octanol–water partition coefficient (Wildman–Crippen LogP) is 3.34. The Hall–Kier alpha value is -2.37. The van der Waals surface area contributed by atoms with Gasteiger partial charge in [-0.3, -0.25) is 14.6 Å². The van der Waals surface area contributed by atoms with E-state index in [2.05, 4.69) is 35.2 Å². The number of aliphatic carboxylic acids is 1. The van der Waals surface area contributed by atoms with Crippen molar-refractivity contribution in [3.8, 4) is 16.9 Å². The molecule has 1 N–H and O–H groups in total. The number of likely N-dealkylation sites (N-methyl/N-ethyl adjacent to an activating group) is 1. The van der Waals surface area contributed by atoms with Gasteiger partial charge in [0.1, 0.15) is 5.75 Å². The van der Waals surface area contributed by atoms with Crippen LogP contribution in [0.25, 0.3) is 11.1 Å². The van der Waals surface area contributed by atoms with E-state index in [0.29, 0.717) is 6.04 Å². The summed E-state index contributed by atoms with van der Waals surface area (Å²) in [7, 11) is 3.63. The molecule has 1 aliphatic heterocycles. The highest BCUT2D eigenvalue weighted by Gasteiger charge is 2.24. The summed E-state index contributed by atoms with van der Waals surface area (Å²) >= 11 is 0. The minimum absolute atomic E-state index is 0.111. The van der Waals surface area contributed by atoms with Crippen molar-refractivity contribution in [2.24, 2.45) is 0 Å². The molecule has 0 aliphatic carbocycles. The van der Waals surface area contributed by atoms with E-state index in [0.717, 1.165) is 43.8 Å². The summed E-state index contributed by atoms with van der Waals surface area (Å²) < 4.78 is 5.65. The second kappa shape index (κ2) is 9.02. The highest BCUT2D eigenvalue weighted by Crippen LogP contribution is 2.29. The van der Waals surface area contributed by atoms with Crippen LogP contribution in [-0.2, 0) is 11.3 Å². The molecular formula is C22H28N2O3. The van der Waals surface area contributed by atoms with Gasteiger partial charge in [-0.25, -0.2) is 0 Å². The number of rotatable bonds is 7. The molecule has 1 fully saturated rings. The standard InChI is InChI=1S/C22H28N2O3/c1-23(16-22(25)26)20-10-12-24(13-11-20)15-19-9-8-18(14-21(19)27-2)17-6-4-3-5-7-17/h3-9,14,20H,10-13,15-16H2,1-2H3,(H,25,26). The van der Waals surface area contributed by atoms with Gasteiger partial charge >= 0.3 is 5.97 Å². The van der Waals surface area contributed by atoms with Crippen molar-refractivity contribution in [1.82, 2.24) is 9.80 Å². The number of hydrogen-bond acceptors (Lipinski definition) is 4. The van der Waals surface area contributed by atoms with Crippen LogP contribution in [0.1, 0.15) is 18.4 Å². The number of hydrogen-bond donors (Lipinski definition) is 1. The Morgan fingerprint density at radius 2 is 1.85 bits per heavy atom. The van der Waals surface area contributed by atoms with E-state index in [-0.39, 0.29) is 6.54 Å². The molecule has 27 heavy (non-hydrogen) atoms. The molecule has 0 bridgehead atoms. The number of benzene rings is 2. The Morgan fingerprint density at radius 1 is 1.15 bits per heavy atom. The minimum atomic E-state index is -0.761. The fraction of sp³-hybridized carbons (Fsp3) is 0.409. The molecule has 0 spiro atoms. The maximum absolute atomic E-state index is 10.9.